The summed E-state index contributed by atoms with van der Waals surface area (Å²) in [6.07, 6.45) is 7.18. The van der Waals surface area contributed by atoms with Crippen LogP contribution in [0.25, 0.3) is 0 Å². The van der Waals surface area contributed by atoms with Crippen LogP contribution in [0.3, 0.4) is 0 Å². The summed E-state index contributed by atoms with van der Waals surface area (Å²) in [5.74, 6) is 1.50. The number of nitrogens with one attached hydrogen (secondary N) is 2. The topological polar surface area (TPSA) is 73.9 Å². The Labute approximate surface area is 182 Å². The van der Waals surface area contributed by atoms with Crippen LogP contribution in [0.1, 0.15) is 37.3 Å². The smallest absolute Gasteiger partial charge is 0.255 e. The fourth-order valence-electron chi connectivity index (χ4n) is 3.17. The van der Waals surface area contributed by atoms with Crippen LogP contribution in [-0.2, 0) is 6.42 Å². The lowest BCUT2D eigenvalue weighted by Gasteiger charge is -2.23. The molecule has 0 aliphatic rings. The van der Waals surface area contributed by atoms with E-state index >= 15 is 0 Å². The number of hydrogen-bond acceptors (Lipinski definition) is 5. The highest BCUT2D eigenvalue weighted by Crippen LogP contribution is 2.13. The minimum atomic E-state index is -0.125. The molecule has 0 aliphatic heterocycles. The molecule has 2 aromatic heterocycles. The van der Waals surface area contributed by atoms with E-state index in [0.29, 0.717) is 23.0 Å². The summed E-state index contributed by atoms with van der Waals surface area (Å²) in [6, 6.07) is 13.5. The third-order valence-electron chi connectivity index (χ3n) is 4.83. The highest BCUT2D eigenvalue weighted by molar-refractivity contribution is 6.30. The number of unbranched alkanes of at least 4 members (excludes halogenated alkanes) is 1. The second-order valence-corrected chi connectivity index (χ2v) is 7.63. The molecule has 158 valence electrons. The van der Waals surface area contributed by atoms with E-state index in [9.17, 15) is 4.79 Å². The van der Waals surface area contributed by atoms with Gasteiger partial charge in [0.15, 0.2) is 0 Å². The molecule has 3 aromatic rings. The van der Waals surface area contributed by atoms with E-state index in [0.717, 1.165) is 50.3 Å². The number of H-pyrrole nitrogens is 1. The summed E-state index contributed by atoms with van der Waals surface area (Å²) >= 11 is 5.91. The van der Waals surface area contributed by atoms with Gasteiger partial charge in [-0.1, -0.05) is 43.1 Å². The van der Waals surface area contributed by atoms with Gasteiger partial charge < -0.3 is 10.2 Å². The zero-order chi connectivity index (χ0) is 21.2. The van der Waals surface area contributed by atoms with Crippen LogP contribution in [0.2, 0.25) is 5.02 Å². The predicted octanol–water partition coefficient (Wildman–Crippen LogP) is 4.52. The number of aromatic nitrogens is 3. The summed E-state index contributed by atoms with van der Waals surface area (Å²) in [6.45, 7) is 4.79. The summed E-state index contributed by atoms with van der Waals surface area (Å²) in [7, 11) is 0. The Hall–Kier alpha value is -2.86. The molecule has 1 aromatic carbocycles. The van der Waals surface area contributed by atoms with Crippen LogP contribution >= 0.6 is 11.6 Å². The zero-order valence-electron chi connectivity index (χ0n) is 17.3. The molecule has 0 radical (unpaired) electrons. The zero-order valence-corrected chi connectivity index (χ0v) is 18.0. The Bertz CT molecular complexity index is 959. The molecule has 0 spiro atoms. The van der Waals surface area contributed by atoms with Crippen molar-refractivity contribution in [2.24, 2.45) is 0 Å². The van der Waals surface area contributed by atoms with Crippen molar-refractivity contribution in [1.82, 2.24) is 15.0 Å². The molecule has 30 heavy (non-hydrogen) atoms. The molecule has 6 nitrogen and oxygen atoms in total. The first-order valence-corrected chi connectivity index (χ1v) is 10.8. The third-order valence-corrected chi connectivity index (χ3v) is 5.08. The first-order valence-electron chi connectivity index (χ1n) is 10.4. The highest BCUT2D eigenvalue weighted by atomic mass is 35.5. The molecule has 0 saturated carbocycles. The number of rotatable bonds is 11. The molecule has 0 unspecified atom stereocenters. The van der Waals surface area contributed by atoms with Crippen molar-refractivity contribution in [3.8, 4) is 0 Å². The van der Waals surface area contributed by atoms with Crippen LogP contribution in [0, 0.1) is 0 Å². The van der Waals surface area contributed by atoms with Crippen LogP contribution < -0.4 is 15.8 Å². The van der Waals surface area contributed by atoms with Crippen molar-refractivity contribution < 1.29 is 0 Å². The van der Waals surface area contributed by atoms with Crippen LogP contribution in [0.5, 0.6) is 0 Å². The maximum Gasteiger partial charge on any atom is 0.255 e. The van der Waals surface area contributed by atoms with E-state index in [2.05, 4.69) is 32.1 Å². The number of aromatic amines is 1. The molecule has 7 heteroatoms. The monoisotopic (exact) mass is 425 g/mol. The van der Waals surface area contributed by atoms with E-state index in [-0.39, 0.29) is 5.56 Å². The second kappa shape index (κ2) is 11.4. The number of anilines is 2. The summed E-state index contributed by atoms with van der Waals surface area (Å²) in [5.41, 5.74) is 1.53. The molecule has 0 aliphatic carbocycles. The van der Waals surface area contributed by atoms with Gasteiger partial charge in [0.25, 0.3) is 5.56 Å². The number of benzene rings is 1. The normalized spacial score (nSPS) is 10.7. The fraction of sp³-hybridized carbons (Fsp3) is 0.348. The lowest BCUT2D eigenvalue weighted by Crippen LogP contribution is -2.28. The maximum absolute atomic E-state index is 12.4. The molecule has 0 saturated heterocycles. The van der Waals surface area contributed by atoms with Crippen LogP contribution in [0.15, 0.2) is 59.7 Å². The molecule has 0 atom stereocenters. The predicted molar refractivity (Wildman–Crippen MR) is 124 cm³/mol. The number of halogens is 1. The average Bonchev–Trinajstić information content (AvgIpc) is 2.77. The van der Waals surface area contributed by atoms with Crippen molar-refractivity contribution >= 4 is 23.4 Å². The molecule has 2 heterocycles. The van der Waals surface area contributed by atoms with Gasteiger partial charge in [-0.2, -0.15) is 0 Å². The third kappa shape index (κ3) is 6.59. The van der Waals surface area contributed by atoms with Crippen molar-refractivity contribution in [1.29, 1.82) is 0 Å². The molecule has 2 N–H and O–H groups in total. The molecular formula is C23H28ClN5O. The van der Waals surface area contributed by atoms with E-state index < -0.39 is 0 Å². The molecule has 0 bridgehead atoms. The summed E-state index contributed by atoms with van der Waals surface area (Å²) in [5, 5.41) is 3.90. The second-order valence-electron chi connectivity index (χ2n) is 7.20. The Morgan fingerprint density at radius 1 is 1.07 bits per heavy atom. The first kappa shape index (κ1) is 21.8. The minimum absolute atomic E-state index is 0.125. The van der Waals surface area contributed by atoms with Crippen molar-refractivity contribution in [3.63, 3.8) is 0 Å². The Morgan fingerprint density at radius 2 is 1.87 bits per heavy atom. The van der Waals surface area contributed by atoms with E-state index in [1.807, 2.05) is 48.7 Å². The quantitative estimate of drug-likeness (QED) is 0.442. The minimum Gasteiger partial charge on any atom is -0.357 e. The van der Waals surface area contributed by atoms with Crippen molar-refractivity contribution in [2.45, 2.75) is 32.6 Å². The first-order chi connectivity index (χ1) is 14.7. The molecule has 0 amide bonds. The molecule has 3 rings (SSSR count). The lowest BCUT2D eigenvalue weighted by molar-refractivity contribution is 0.687. The standard InChI is InChI=1S/C23H28ClN5O/c1-2-3-14-29(21-7-4-5-12-25-21)15-6-13-26-23-27-17-19(22(30)28-23)16-18-8-10-20(24)11-9-18/h4-5,7-12,17H,2-3,6,13-16H2,1H3,(H2,26,27,28,30). The Balaban J connectivity index is 1.51. The number of pyridine rings is 1. The SMILES string of the molecule is CCCCN(CCCNc1ncc(Cc2ccc(Cl)cc2)c(=O)[nH]1)c1ccccn1. The van der Waals surface area contributed by atoms with Gasteiger partial charge >= 0.3 is 0 Å². The Morgan fingerprint density at radius 3 is 2.57 bits per heavy atom. The van der Waals surface area contributed by atoms with Gasteiger partial charge in [0.2, 0.25) is 5.95 Å². The number of hydrogen-bond donors (Lipinski definition) is 2. The van der Waals surface area contributed by atoms with Gasteiger partial charge in [0, 0.05) is 49.0 Å². The van der Waals surface area contributed by atoms with Gasteiger partial charge in [0.05, 0.1) is 0 Å². The van der Waals surface area contributed by atoms with Gasteiger partial charge in [-0.3, -0.25) is 9.78 Å². The average molecular weight is 426 g/mol. The summed E-state index contributed by atoms with van der Waals surface area (Å²) in [4.78, 5) is 26.3. The van der Waals surface area contributed by atoms with E-state index in [4.69, 9.17) is 11.6 Å². The van der Waals surface area contributed by atoms with Crippen molar-refractivity contribution in [2.75, 3.05) is 29.9 Å². The fourth-order valence-corrected chi connectivity index (χ4v) is 3.29. The highest BCUT2D eigenvalue weighted by Gasteiger charge is 2.07. The van der Waals surface area contributed by atoms with E-state index in [1.54, 1.807) is 6.20 Å². The van der Waals surface area contributed by atoms with Gasteiger partial charge in [0.1, 0.15) is 5.82 Å². The Kier molecular flexibility index (Phi) is 8.27. The number of nitrogens with zero attached hydrogens (tertiary/aromatic N) is 3. The molecule has 0 fully saturated rings. The van der Waals surface area contributed by atoms with Crippen LogP contribution in [-0.4, -0.2) is 34.6 Å². The lowest BCUT2D eigenvalue weighted by atomic mass is 10.1. The van der Waals surface area contributed by atoms with E-state index in [1.165, 1.54) is 0 Å². The summed E-state index contributed by atoms with van der Waals surface area (Å²) < 4.78 is 0. The van der Waals surface area contributed by atoms with Gasteiger partial charge in [-0.25, -0.2) is 9.97 Å². The molecular weight excluding hydrogens is 398 g/mol. The van der Waals surface area contributed by atoms with Gasteiger partial charge in [-0.15, -0.1) is 0 Å². The van der Waals surface area contributed by atoms with Crippen molar-refractivity contribution in [3.05, 3.63) is 81.4 Å². The maximum atomic E-state index is 12.4. The largest absolute Gasteiger partial charge is 0.357 e. The van der Waals surface area contributed by atoms with Crippen LogP contribution in [0.4, 0.5) is 11.8 Å². The van der Waals surface area contributed by atoms with Gasteiger partial charge in [-0.05, 0) is 42.7 Å².